The number of benzene rings is 1. The van der Waals surface area contributed by atoms with Gasteiger partial charge in [-0.3, -0.25) is 9.69 Å². The van der Waals surface area contributed by atoms with Gasteiger partial charge >= 0.3 is 5.97 Å². The molecular formula is C18H13NO4S2. The summed E-state index contributed by atoms with van der Waals surface area (Å²) in [5.41, 5.74) is 0.833. The summed E-state index contributed by atoms with van der Waals surface area (Å²) < 4.78 is 6.21. The van der Waals surface area contributed by atoms with Gasteiger partial charge in [0.25, 0.3) is 5.91 Å². The summed E-state index contributed by atoms with van der Waals surface area (Å²) in [6.45, 7) is 3.98. The number of thioether (sulfide) groups is 1. The molecule has 7 heteroatoms. The molecule has 1 aliphatic rings. The summed E-state index contributed by atoms with van der Waals surface area (Å²) >= 11 is 6.40. The summed E-state index contributed by atoms with van der Waals surface area (Å²) in [6.07, 6.45) is 3.25. The van der Waals surface area contributed by atoms with Crippen molar-refractivity contribution < 1.29 is 19.1 Å². The molecule has 1 N–H and O–H groups in total. The summed E-state index contributed by atoms with van der Waals surface area (Å²) in [5.74, 6) is -0.161. The highest BCUT2D eigenvalue weighted by Crippen LogP contribution is 2.33. The Morgan fingerprint density at radius 1 is 1.36 bits per heavy atom. The number of amides is 1. The van der Waals surface area contributed by atoms with Gasteiger partial charge in [-0.2, -0.15) is 0 Å². The Labute approximate surface area is 153 Å². The minimum absolute atomic E-state index is 0.180. The predicted octanol–water partition coefficient (Wildman–Crippen LogP) is 4.03. The van der Waals surface area contributed by atoms with Crippen molar-refractivity contribution in [2.75, 3.05) is 6.54 Å². The number of carbonyl (C=O) groups is 2. The second-order valence-corrected chi connectivity index (χ2v) is 6.84. The molecule has 5 nitrogen and oxygen atoms in total. The molecule has 0 unspecified atom stereocenters. The molecular weight excluding hydrogens is 358 g/mol. The zero-order chi connectivity index (χ0) is 18.0. The van der Waals surface area contributed by atoms with E-state index in [4.69, 9.17) is 21.7 Å². The number of rotatable bonds is 5. The molecule has 0 atom stereocenters. The van der Waals surface area contributed by atoms with Gasteiger partial charge in [0.05, 0.1) is 10.5 Å². The maximum Gasteiger partial charge on any atom is 0.335 e. The van der Waals surface area contributed by atoms with Crippen LogP contribution in [0.4, 0.5) is 0 Å². The number of thiocarbonyl (C=S) groups is 1. The van der Waals surface area contributed by atoms with E-state index in [9.17, 15) is 9.59 Å². The van der Waals surface area contributed by atoms with Gasteiger partial charge in [0.15, 0.2) is 0 Å². The second-order valence-electron chi connectivity index (χ2n) is 5.17. The number of carboxylic acids is 1. The Bertz CT molecular complexity index is 913. The zero-order valence-electron chi connectivity index (χ0n) is 13.0. The molecule has 0 saturated carbocycles. The van der Waals surface area contributed by atoms with E-state index in [1.807, 2.05) is 0 Å². The van der Waals surface area contributed by atoms with Crippen LogP contribution in [-0.4, -0.2) is 32.7 Å². The average molecular weight is 371 g/mol. The minimum Gasteiger partial charge on any atom is -0.478 e. The van der Waals surface area contributed by atoms with Crippen LogP contribution in [0, 0.1) is 0 Å². The maximum atomic E-state index is 12.3. The Morgan fingerprint density at radius 2 is 2.16 bits per heavy atom. The predicted molar refractivity (Wildman–Crippen MR) is 101 cm³/mol. The first-order chi connectivity index (χ1) is 12.0. The van der Waals surface area contributed by atoms with Gasteiger partial charge in [-0.15, -0.1) is 6.58 Å². The molecule has 3 rings (SSSR count). The van der Waals surface area contributed by atoms with E-state index in [-0.39, 0.29) is 11.5 Å². The number of carboxylic acid groups (broad SMARTS) is 1. The summed E-state index contributed by atoms with van der Waals surface area (Å²) in [6, 6.07) is 9.93. The molecule has 0 aliphatic carbocycles. The van der Waals surface area contributed by atoms with Gasteiger partial charge in [0.1, 0.15) is 15.8 Å². The van der Waals surface area contributed by atoms with Crippen molar-refractivity contribution >= 4 is 46.3 Å². The third-order valence-corrected chi connectivity index (χ3v) is 4.86. The number of carbonyl (C=O) groups excluding carboxylic acids is 1. The first-order valence-corrected chi connectivity index (χ1v) is 8.52. The van der Waals surface area contributed by atoms with Gasteiger partial charge in [-0.05, 0) is 24.3 Å². The van der Waals surface area contributed by atoms with Crippen LogP contribution >= 0.6 is 24.0 Å². The lowest BCUT2D eigenvalue weighted by atomic mass is 10.1. The van der Waals surface area contributed by atoms with Crippen LogP contribution in [0.25, 0.3) is 17.4 Å². The Kier molecular flexibility index (Phi) is 4.87. The highest BCUT2D eigenvalue weighted by molar-refractivity contribution is 8.26. The van der Waals surface area contributed by atoms with E-state index < -0.39 is 5.97 Å². The quantitative estimate of drug-likeness (QED) is 0.486. The van der Waals surface area contributed by atoms with Crippen molar-refractivity contribution in [3.8, 4) is 11.3 Å². The lowest BCUT2D eigenvalue weighted by Crippen LogP contribution is -2.27. The highest BCUT2D eigenvalue weighted by atomic mass is 32.2. The van der Waals surface area contributed by atoms with Crippen LogP contribution in [0.15, 0.2) is 58.4 Å². The molecule has 2 heterocycles. The first-order valence-electron chi connectivity index (χ1n) is 7.29. The zero-order valence-corrected chi connectivity index (χ0v) is 14.6. The Morgan fingerprint density at radius 3 is 2.88 bits per heavy atom. The molecule has 0 bridgehead atoms. The fourth-order valence-corrected chi connectivity index (χ4v) is 3.56. The van der Waals surface area contributed by atoms with Crippen molar-refractivity contribution in [1.29, 1.82) is 0 Å². The topological polar surface area (TPSA) is 70.8 Å². The van der Waals surface area contributed by atoms with Crippen molar-refractivity contribution in [2.24, 2.45) is 0 Å². The molecule has 1 amide bonds. The summed E-state index contributed by atoms with van der Waals surface area (Å²) in [4.78, 5) is 25.3. The van der Waals surface area contributed by atoms with Crippen molar-refractivity contribution in [3.05, 3.63) is 65.3 Å². The summed E-state index contributed by atoms with van der Waals surface area (Å²) in [5, 5.41) is 9.07. The van der Waals surface area contributed by atoms with Crippen LogP contribution in [0.2, 0.25) is 0 Å². The van der Waals surface area contributed by atoms with Crippen molar-refractivity contribution in [3.63, 3.8) is 0 Å². The fourth-order valence-electron chi connectivity index (χ4n) is 2.31. The fraction of sp³-hybridized carbons (Fsp3) is 0.0556. The molecule has 126 valence electrons. The maximum absolute atomic E-state index is 12.3. The number of nitrogens with zero attached hydrogens (tertiary/aromatic N) is 1. The molecule has 0 spiro atoms. The lowest BCUT2D eigenvalue weighted by molar-refractivity contribution is -0.121. The van der Waals surface area contributed by atoms with Gasteiger partial charge in [-0.1, -0.05) is 42.2 Å². The number of hydrogen-bond acceptors (Lipinski definition) is 5. The normalized spacial score (nSPS) is 15.8. The van der Waals surface area contributed by atoms with E-state index in [0.717, 1.165) is 0 Å². The molecule has 1 fully saturated rings. The monoisotopic (exact) mass is 371 g/mol. The average Bonchev–Trinajstić information content (AvgIpc) is 3.16. The van der Waals surface area contributed by atoms with Gasteiger partial charge < -0.3 is 9.52 Å². The highest BCUT2D eigenvalue weighted by Gasteiger charge is 2.31. The van der Waals surface area contributed by atoms with Gasteiger partial charge in [-0.25, -0.2) is 4.79 Å². The largest absolute Gasteiger partial charge is 0.478 e. The SMILES string of the molecule is C=CCN1C(=O)/C(=C/c2ccc(-c3cccc(C(=O)O)c3)o2)SC1=S. The molecule has 2 aromatic rings. The third kappa shape index (κ3) is 3.57. The van der Waals surface area contributed by atoms with E-state index >= 15 is 0 Å². The molecule has 1 aliphatic heterocycles. The lowest BCUT2D eigenvalue weighted by Gasteiger charge is -2.10. The number of furan rings is 1. The van der Waals surface area contributed by atoms with E-state index in [1.165, 1.54) is 28.8 Å². The van der Waals surface area contributed by atoms with Gasteiger partial charge in [0, 0.05) is 18.2 Å². The summed E-state index contributed by atoms with van der Waals surface area (Å²) in [7, 11) is 0. The van der Waals surface area contributed by atoms with Crippen molar-refractivity contribution in [2.45, 2.75) is 0 Å². The Hall–Kier alpha value is -2.64. The van der Waals surface area contributed by atoms with Gasteiger partial charge in [0.2, 0.25) is 0 Å². The number of hydrogen-bond donors (Lipinski definition) is 1. The first kappa shape index (κ1) is 17.2. The van der Waals surface area contributed by atoms with E-state index in [2.05, 4.69) is 6.58 Å². The van der Waals surface area contributed by atoms with Crippen LogP contribution in [0.1, 0.15) is 16.1 Å². The van der Waals surface area contributed by atoms with Crippen LogP contribution in [0.3, 0.4) is 0 Å². The third-order valence-electron chi connectivity index (χ3n) is 3.48. The molecule has 1 saturated heterocycles. The number of aromatic carboxylic acids is 1. The Balaban J connectivity index is 1.86. The van der Waals surface area contributed by atoms with E-state index in [1.54, 1.807) is 36.4 Å². The van der Waals surface area contributed by atoms with Crippen LogP contribution in [0.5, 0.6) is 0 Å². The smallest absolute Gasteiger partial charge is 0.335 e. The molecule has 1 aromatic carbocycles. The minimum atomic E-state index is -1.00. The van der Waals surface area contributed by atoms with E-state index in [0.29, 0.717) is 32.9 Å². The second kappa shape index (κ2) is 7.08. The molecule has 1 aromatic heterocycles. The van der Waals surface area contributed by atoms with Crippen LogP contribution < -0.4 is 0 Å². The van der Waals surface area contributed by atoms with Crippen LogP contribution in [-0.2, 0) is 4.79 Å². The molecule has 0 radical (unpaired) electrons. The standard InChI is InChI=1S/C18H13NO4S2/c1-2-8-19-16(20)15(25-18(19)24)10-13-6-7-14(23-13)11-4-3-5-12(9-11)17(21)22/h2-7,9-10H,1,8H2,(H,21,22)/b15-10-. The molecule has 25 heavy (non-hydrogen) atoms. The van der Waals surface area contributed by atoms with Crippen molar-refractivity contribution in [1.82, 2.24) is 4.90 Å².